The molecule has 3 nitrogen and oxygen atoms in total. The highest BCUT2D eigenvalue weighted by molar-refractivity contribution is 4.88. The first-order valence-corrected chi connectivity index (χ1v) is 4.91. The van der Waals surface area contributed by atoms with Crippen LogP contribution >= 0.6 is 0 Å². The van der Waals surface area contributed by atoms with Gasteiger partial charge in [-0.1, -0.05) is 0 Å². The van der Waals surface area contributed by atoms with E-state index in [0.717, 1.165) is 32.5 Å². The Morgan fingerprint density at radius 1 is 1.69 bits per heavy atom. The van der Waals surface area contributed by atoms with Crippen molar-refractivity contribution in [2.45, 2.75) is 25.9 Å². The Kier molecular flexibility index (Phi) is 4.20. The predicted molar refractivity (Wildman–Crippen MR) is 51.2 cm³/mol. The summed E-state index contributed by atoms with van der Waals surface area (Å²) in [7, 11) is 1.73. The summed E-state index contributed by atoms with van der Waals surface area (Å²) < 4.78 is 5.20. The van der Waals surface area contributed by atoms with Gasteiger partial charge in [-0.05, 0) is 26.3 Å². The Hall–Kier alpha value is -0.590. The Morgan fingerprint density at radius 3 is 3.08 bits per heavy atom. The highest BCUT2D eigenvalue weighted by Gasteiger charge is 2.20. The minimum atomic E-state index is 0.234. The summed E-state index contributed by atoms with van der Waals surface area (Å²) in [5.74, 6) is 0.234. The van der Waals surface area contributed by atoms with Crippen LogP contribution in [0.15, 0.2) is 0 Å². The van der Waals surface area contributed by atoms with Gasteiger partial charge >= 0.3 is 0 Å². The third-order valence-electron chi connectivity index (χ3n) is 2.61. The van der Waals surface area contributed by atoms with E-state index in [1.165, 1.54) is 0 Å². The molecule has 0 bridgehead atoms. The van der Waals surface area contributed by atoms with Crippen LogP contribution in [0.25, 0.3) is 0 Å². The van der Waals surface area contributed by atoms with E-state index in [1.54, 1.807) is 7.11 Å². The van der Waals surface area contributed by atoms with Gasteiger partial charge in [-0.25, -0.2) is 0 Å². The van der Waals surface area contributed by atoms with Gasteiger partial charge in [-0.2, -0.15) is 5.26 Å². The molecule has 0 amide bonds. The van der Waals surface area contributed by atoms with Crippen LogP contribution in [0.3, 0.4) is 0 Å². The first-order chi connectivity index (χ1) is 6.26. The molecule has 0 aliphatic carbocycles. The number of ether oxygens (including phenoxy) is 1. The maximum absolute atomic E-state index is 8.79. The van der Waals surface area contributed by atoms with Gasteiger partial charge in [0.1, 0.15) is 0 Å². The molecule has 1 heterocycles. The SMILES string of the molecule is COC(C)CN1CCCC(C#N)C1. The molecule has 74 valence electrons. The second-order valence-corrected chi connectivity index (χ2v) is 3.77. The average molecular weight is 182 g/mol. The summed E-state index contributed by atoms with van der Waals surface area (Å²) in [4.78, 5) is 2.32. The summed E-state index contributed by atoms with van der Waals surface area (Å²) in [6.07, 6.45) is 2.49. The molecule has 3 heteroatoms. The predicted octanol–water partition coefficient (Wildman–Crippen LogP) is 1.26. The molecule has 1 rings (SSSR count). The molecule has 0 aromatic rings. The molecule has 1 saturated heterocycles. The number of rotatable bonds is 3. The lowest BCUT2D eigenvalue weighted by Crippen LogP contribution is -2.39. The second-order valence-electron chi connectivity index (χ2n) is 3.77. The van der Waals surface area contributed by atoms with E-state index in [9.17, 15) is 0 Å². The van der Waals surface area contributed by atoms with Crippen LogP contribution in [-0.4, -0.2) is 37.7 Å². The molecule has 0 aromatic heterocycles. The van der Waals surface area contributed by atoms with Crippen LogP contribution in [0.5, 0.6) is 0 Å². The quantitative estimate of drug-likeness (QED) is 0.659. The lowest BCUT2D eigenvalue weighted by Gasteiger charge is -2.30. The third-order valence-corrected chi connectivity index (χ3v) is 2.61. The number of hydrogen-bond acceptors (Lipinski definition) is 3. The van der Waals surface area contributed by atoms with Crippen molar-refractivity contribution < 1.29 is 4.74 Å². The monoisotopic (exact) mass is 182 g/mol. The van der Waals surface area contributed by atoms with Gasteiger partial charge in [-0.15, -0.1) is 0 Å². The molecular formula is C10H18N2O. The second kappa shape index (κ2) is 5.21. The largest absolute Gasteiger partial charge is 0.380 e. The van der Waals surface area contributed by atoms with Gasteiger partial charge in [0, 0.05) is 20.2 Å². The van der Waals surface area contributed by atoms with Gasteiger partial charge in [-0.3, -0.25) is 4.90 Å². The number of hydrogen-bond donors (Lipinski definition) is 0. The average Bonchev–Trinajstić information content (AvgIpc) is 2.18. The van der Waals surface area contributed by atoms with E-state index in [0.29, 0.717) is 0 Å². The van der Waals surface area contributed by atoms with E-state index in [-0.39, 0.29) is 12.0 Å². The summed E-state index contributed by atoms with van der Waals surface area (Å²) >= 11 is 0. The maximum atomic E-state index is 8.79. The molecule has 0 radical (unpaired) electrons. The zero-order chi connectivity index (χ0) is 9.68. The Labute approximate surface area is 80.3 Å². The zero-order valence-corrected chi connectivity index (χ0v) is 8.49. The molecule has 2 unspecified atom stereocenters. The van der Waals surface area contributed by atoms with Crippen molar-refractivity contribution in [1.29, 1.82) is 5.26 Å². The molecule has 0 N–H and O–H groups in total. The molecule has 0 aromatic carbocycles. The molecule has 0 saturated carbocycles. The minimum absolute atomic E-state index is 0.234. The van der Waals surface area contributed by atoms with Crippen molar-refractivity contribution in [3.63, 3.8) is 0 Å². The van der Waals surface area contributed by atoms with Crippen LogP contribution in [0.2, 0.25) is 0 Å². The van der Waals surface area contributed by atoms with Crippen molar-refractivity contribution >= 4 is 0 Å². The van der Waals surface area contributed by atoms with Crippen LogP contribution in [-0.2, 0) is 4.74 Å². The third kappa shape index (κ3) is 3.33. The topological polar surface area (TPSA) is 36.3 Å². The summed E-state index contributed by atoms with van der Waals surface area (Å²) in [6, 6.07) is 2.34. The van der Waals surface area contributed by atoms with Crippen LogP contribution in [0.4, 0.5) is 0 Å². The van der Waals surface area contributed by atoms with Crippen molar-refractivity contribution in [3.05, 3.63) is 0 Å². The van der Waals surface area contributed by atoms with Gasteiger partial charge in [0.25, 0.3) is 0 Å². The van der Waals surface area contributed by atoms with Crippen molar-refractivity contribution in [1.82, 2.24) is 4.90 Å². The van der Waals surface area contributed by atoms with E-state index >= 15 is 0 Å². The molecule has 2 atom stereocenters. The Bertz CT molecular complexity index is 188. The summed E-state index contributed by atoms with van der Waals surface area (Å²) in [5.41, 5.74) is 0. The van der Waals surface area contributed by atoms with E-state index in [2.05, 4.69) is 17.9 Å². The maximum Gasteiger partial charge on any atom is 0.0670 e. The smallest absolute Gasteiger partial charge is 0.0670 e. The Balaban J connectivity index is 2.30. The minimum Gasteiger partial charge on any atom is -0.380 e. The van der Waals surface area contributed by atoms with Crippen molar-refractivity contribution in [3.8, 4) is 6.07 Å². The molecule has 0 spiro atoms. The molecule has 1 aliphatic rings. The first-order valence-electron chi connectivity index (χ1n) is 4.91. The first kappa shape index (κ1) is 10.5. The lowest BCUT2D eigenvalue weighted by atomic mass is 9.99. The van der Waals surface area contributed by atoms with E-state index in [4.69, 9.17) is 10.00 Å². The van der Waals surface area contributed by atoms with Gasteiger partial charge < -0.3 is 4.74 Å². The fourth-order valence-electron chi connectivity index (χ4n) is 1.76. The summed E-state index contributed by atoms with van der Waals surface area (Å²) in [5, 5.41) is 8.79. The number of nitrogens with zero attached hydrogens (tertiary/aromatic N) is 2. The van der Waals surface area contributed by atoms with Gasteiger partial charge in [0.15, 0.2) is 0 Å². The fraction of sp³-hybridized carbons (Fsp3) is 0.900. The highest BCUT2D eigenvalue weighted by Crippen LogP contribution is 2.15. The zero-order valence-electron chi connectivity index (χ0n) is 8.49. The van der Waals surface area contributed by atoms with Crippen molar-refractivity contribution in [2.24, 2.45) is 5.92 Å². The van der Waals surface area contributed by atoms with Crippen LogP contribution < -0.4 is 0 Å². The highest BCUT2D eigenvalue weighted by atomic mass is 16.5. The standard InChI is InChI=1S/C10H18N2O/c1-9(13-2)7-12-5-3-4-10(6-11)8-12/h9-10H,3-5,7-8H2,1-2H3. The normalized spacial score (nSPS) is 26.7. The van der Waals surface area contributed by atoms with E-state index < -0.39 is 0 Å². The van der Waals surface area contributed by atoms with Gasteiger partial charge in [0.05, 0.1) is 18.1 Å². The molecular weight excluding hydrogens is 164 g/mol. The molecule has 1 aliphatic heterocycles. The van der Waals surface area contributed by atoms with Gasteiger partial charge in [0.2, 0.25) is 0 Å². The van der Waals surface area contributed by atoms with E-state index in [1.807, 2.05) is 0 Å². The van der Waals surface area contributed by atoms with Crippen molar-refractivity contribution in [2.75, 3.05) is 26.7 Å². The fourth-order valence-corrected chi connectivity index (χ4v) is 1.76. The number of likely N-dealkylation sites (tertiary alicyclic amines) is 1. The van der Waals surface area contributed by atoms with Crippen LogP contribution in [0.1, 0.15) is 19.8 Å². The number of piperidine rings is 1. The Morgan fingerprint density at radius 2 is 2.46 bits per heavy atom. The summed E-state index contributed by atoms with van der Waals surface area (Å²) in [6.45, 7) is 5.06. The molecule has 13 heavy (non-hydrogen) atoms. The lowest BCUT2D eigenvalue weighted by molar-refractivity contribution is 0.0645. The number of nitriles is 1. The van der Waals surface area contributed by atoms with Crippen LogP contribution in [0, 0.1) is 17.2 Å². The number of methoxy groups -OCH3 is 1. The molecule has 1 fully saturated rings.